The summed E-state index contributed by atoms with van der Waals surface area (Å²) in [5, 5.41) is 8.13. The van der Waals surface area contributed by atoms with E-state index in [2.05, 4.69) is 10.2 Å². The standard InChI is InChI=1S/C12H16N4O/c1-4-16-10(3)13-14-11(16)8-15-6-5-9(2)7-12(15)17/h5-7H,4,8H2,1-3H3. The van der Waals surface area contributed by atoms with Crippen LogP contribution in [-0.2, 0) is 13.1 Å². The fourth-order valence-corrected chi connectivity index (χ4v) is 1.84. The van der Waals surface area contributed by atoms with Crippen LogP contribution in [0.5, 0.6) is 0 Å². The fourth-order valence-electron chi connectivity index (χ4n) is 1.84. The van der Waals surface area contributed by atoms with Crippen molar-refractivity contribution in [2.24, 2.45) is 0 Å². The summed E-state index contributed by atoms with van der Waals surface area (Å²) in [7, 11) is 0. The van der Waals surface area contributed by atoms with E-state index in [1.807, 2.05) is 31.4 Å². The number of nitrogens with zero attached hydrogens (tertiary/aromatic N) is 4. The average molecular weight is 232 g/mol. The van der Waals surface area contributed by atoms with Crippen LogP contribution < -0.4 is 5.56 Å². The van der Waals surface area contributed by atoms with Gasteiger partial charge in [0, 0.05) is 18.8 Å². The molecule has 2 rings (SSSR count). The van der Waals surface area contributed by atoms with Crippen LogP contribution in [0.4, 0.5) is 0 Å². The summed E-state index contributed by atoms with van der Waals surface area (Å²) in [5.41, 5.74) is 0.965. The largest absolute Gasteiger partial charge is 0.314 e. The third-order valence-corrected chi connectivity index (χ3v) is 2.79. The number of pyridine rings is 1. The summed E-state index contributed by atoms with van der Waals surface area (Å²) >= 11 is 0. The van der Waals surface area contributed by atoms with Crippen LogP contribution in [0.15, 0.2) is 23.1 Å². The smallest absolute Gasteiger partial charge is 0.251 e. The number of hydrogen-bond acceptors (Lipinski definition) is 3. The van der Waals surface area contributed by atoms with Gasteiger partial charge in [0.15, 0.2) is 5.82 Å². The highest BCUT2D eigenvalue weighted by atomic mass is 16.1. The molecular weight excluding hydrogens is 216 g/mol. The fraction of sp³-hybridized carbons (Fsp3) is 0.417. The van der Waals surface area contributed by atoms with Gasteiger partial charge in [-0.05, 0) is 32.4 Å². The van der Waals surface area contributed by atoms with Gasteiger partial charge in [-0.2, -0.15) is 0 Å². The van der Waals surface area contributed by atoms with Gasteiger partial charge < -0.3 is 9.13 Å². The Morgan fingerprint density at radius 1 is 1.29 bits per heavy atom. The predicted octanol–water partition coefficient (Wildman–Crippen LogP) is 1.12. The lowest BCUT2D eigenvalue weighted by atomic mass is 10.3. The molecule has 0 amide bonds. The zero-order valence-corrected chi connectivity index (χ0v) is 10.3. The molecule has 0 spiro atoms. The minimum Gasteiger partial charge on any atom is -0.314 e. The Morgan fingerprint density at radius 3 is 2.71 bits per heavy atom. The molecule has 5 heteroatoms. The minimum atomic E-state index is -0.00620. The van der Waals surface area contributed by atoms with Crippen molar-refractivity contribution in [2.75, 3.05) is 0 Å². The molecule has 0 saturated heterocycles. The highest BCUT2D eigenvalue weighted by molar-refractivity contribution is 5.09. The van der Waals surface area contributed by atoms with E-state index in [1.54, 1.807) is 16.8 Å². The van der Waals surface area contributed by atoms with Crippen LogP contribution in [-0.4, -0.2) is 19.3 Å². The maximum Gasteiger partial charge on any atom is 0.251 e. The molecule has 0 unspecified atom stereocenters. The van der Waals surface area contributed by atoms with Gasteiger partial charge in [-0.25, -0.2) is 0 Å². The van der Waals surface area contributed by atoms with E-state index < -0.39 is 0 Å². The van der Waals surface area contributed by atoms with Gasteiger partial charge in [0.1, 0.15) is 5.82 Å². The average Bonchev–Trinajstić information content (AvgIpc) is 2.63. The number of aromatic nitrogens is 4. The third-order valence-electron chi connectivity index (χ3n) is 2.79. The van der Waals surface area contributed by atoms with Gasteiger partial charge in [0.05, 0.1) is 6.54 Å². The second-order valence-corrected chi connectivity index (χ2v) is 4.08. The van der Waals surface area contributed by atoms with Crippen LogP contribution in [0.1, 0.15) is 24.1 Å². The molecule has 17 heavy (non-hydrogen) atoms. The lowest BCUT2D eigenvalue weighted by Gasteiger charge is -2.07. The third kappa shape index (κ3) is 2.27. The molecular formula is C12H16N4O. The first-order chi connectivity index (χ1) is 8.11. The molecule has 90 valence electrons. The van der Waals surface area contributed by atoms with Crippen molar-refractivity contribution in [3.05, 3.63) is 45.9 Å². The van der Waals surface area contributed by atoms with Crippen molar-refractivity contribution in [2.45, 2.75) is 33.9 Å². The van der Waals surface area contributed by atoms with Gasteiger partial charge in [-0.15, -0.1) is 10.2 Å². The van der Waals surface area contributed by atoms with Crippen LogP contribution in [0.25, 0.3) is 0 Å². The molecule has 0 saturated carbocycles. The van der Waals surface area contributed by atoms with Gasteiger partial charge >= 0.3 is 0 Å². The summed E-state index contributed by atoms with van der Waals surface area (Å²) in [6, 6.07) is 3.54. The molecule has 0 aliphatic rings. The van der Waals surface area contributed by atoms with Gasteiger partial charge in [-0.3, -0.25) is 4.79 Å². The summed E-state index contributed by atoms with van der Waals surface area (Å²) < 4.78 is 3.65. The number of aryl methyl sites for hydroxylation is 2. The maximum atomic E-state index is 11.8. The van der Waals surface area contributed by atoms with E-state index in [-0.39, 0.29) is 5.56 Å². The first kappa shape index (κ1) is 11.6. The molecule has 0 radical (unpaired) electrons. The Hall–Kier alpha value is -1.91. The quantitative estimate of drug-likeness (QED) is 0.797. The van der Waals surface area contributed by atoms with Crippen LogP contribution in [0.2, 0.25) is 0 Å². The van der Waals surface area contributed by atoms with E-state index >= 15 is 0 Å². The van der Waals surface area contributed by atoms with Gasteiger partial charge in [0.25, 0.3) is 5.56 Å². The van der Waals surface area contributed by atoms with Crippen LogP contribution >= 0.6 is 0 Å². The Bertz CT molecular complexity index is 582. The molecule has 0 N–H and O–H groups in total. The molecule has 0 aliphatic carbocycles. The van der Waals surface area contributed by atoms with Crippen molar-refractivity contribution in [3.63, 3.8) is 0 Å². The molecule has 0 aromatic carbocycles. The summed E-state index contributed by atoms with van der Waals surface area (Å²) in [6.45, 7) is 7.14. The summed E-state index contributed by atoms with van der Waals surface area (Å²) in [6.07, 6.45) is 1.79. The lowest BCUT2D eigenvalue weighted by molar-refractivity contribution is 0.629. The van der Waals surface area contributed by atoms with Crippen molar-refractivity contribution in [3.8, 4) is 0 Å². The molecule has 0 fully saturated rings. The Balaban J connectivity index is 2.34. The normalized spacial score (nSPS) is 10.8. The summed E-state index contributed by atoms with van der Waals surface area (Å²) in [4.78, 5) is 11.8. The Kier molecular flexibility index (Phi) is 3.08. The number of hydrogen-bond donors (Lipinski definition) is 0. The maximum absolute atomic E-state index is 11.8. The SMILES string of the molecule is CCn1c(C)nnc1Cn1ccc(C)cc1=O. The van der Waals surface area contributed by atoms with Gasteiger partial charge in [-0.1, -0.05) is 0 Å². The minimum absolute atomic E-state index is 0.00620. The van der Waals surface area contributed by atoms with Crippen LogP contribution in [0.3, 0.4) is 0 Å². The Labute approximate surface area is 99.7 Å². The molecule has 2 heterocycles. The molecule has 5 nitrogen and oxygen atoms in total. The second kappa shape index (κ2) is 4.53. The van der Waals surface area contributed by atoms with E-state index in [4.69, 9.17) is 0 Å². The predicted molar refractivity (Wildman–Crippen MR) is 65.0 cm³/mol. The van der Waals surface area contributed by atoms with Crippen molar-refractivity contribution in [1.29, 1.82) is 0 Å². The van der Waals surface area contributed by atoms with E-state index in [0.717, 1.165) is 23.8 Å². The molecule has 0 atom stereocenters. The van der Waals surface area contributed by atoms with E-state index in [9.17, 15) is 4.79 Å². The van der Waals surface area contributed by atoms with Crippen molar-refractivity contribution < 1.29 is 0 Å². The van der Waals surface area contributed by atoms with Crippen molar-refractivity contribution >= 4 is 0 Å². The van der Waals surface area contributed by atoms with Gasteiger partial charge in [0.2, 0.25) is 0 Å². The number of rotatable bonds is 3. The molecule has 0 aliphatic heterocycles. The highest BCUT2D eigenvalue weighted by Gasteiger charge is 2.08. The Morgan fingerprint density at radius 2 is 2.06 bits per heavy atom. The molecule has 2 aromatic rings. The topological polar surface area (TPSA) is 52.7 Å². The van der Waals surface area contributed by atoms with Crippen LogP contribution in [0, 0.1) is 13.8 Å². The van der Waals surface area contributed by atoms with E-state index in [0.29, 0.717) is 6.54 Å². The summed E-state index contributed by atoms with van der Waals surface area (Å²) in [5.74, 6) is 1.69. The first-order valence-corrected chi connectivity index (χ1v) is 5.67. The second-order valence-electron chi connectivity index (χ2n) is 4.08. The lowest BCUT2D eigenvalue weighted by Crippen LogP contribution is -2.21. The first-order valence-electron chi connectivity index (χ1n) is 5.67. The highest BCUT2D eigenvalue weighted by Crippen LogP contribution is 2.02. The molecule has 2 aromatic heterocycles. The van der Waals surface area contributed by atoms with Crippen molar-refractivity contribution in [1.82, 2.24) is 19.3 Å². The zero-order valence-electron chi connectivity index (χ0n) is 10.3. The monoisotopic (exact) mass is 232 g/mol. The van der Waals surface area contributed by atoms with E-state index in [1.165, 1.54) is 0 Å². The molecule has 0 bridgehead atoms. The zero-order chi connectivity index (χ0) is 12.4.